The van der Waals surface area contributed by atoms with Crippen LogP contribution in [-0.2, 0) is 0 Å². The predicted molar refractivity (Wildman–Crippen MR) is 89.1 cm³/mol. The van der Waals surface area contributed by atoms with E-state index in [1.807, 2.05) is 12.1 Å². The van der Waals surface area contributed by atoms with Gasteiger partial charge in [-0.25, -0.2) is 4.98 Å². The second-order valence-electron chi connectivity index (χ2n) is 5.85. The topological polar surface area (TPSA) is 105 Å². The molecule has 4 rings (SSSR count). The lowest BCUT2D eigenvalue weighted by Crippen LogP contribution is -2.42. The molecule has 1 amide bonds. The van der Waals surface area contributed by atoms with Crippen molar-refractivity contribution in [2.45, 2.75) is 18.9 Å². The molecule has 1 aromatic carbocycles. The van der Waals surface area contributed by atoms with Crippen LogP contribution in [0.4, 0.5) is 0 Å². The summed E-state index contributed by atoms with van der Waals surface area (Å²) in [5.41, 5.74) is 1.77. The van der Waals surface area contributed by atoms with Gasteiger partial charge in [-0.15, -0.1) is 0 Å². The average molecular weight is 326 g/mol. The minimum atomic E-state index is -0.134. The third kappa shape index (κ3) is 2.54. The molecule has 8 nitrogen and oxygen atoms in total. The molecule has 0 spiro atoms. The van der Waals surface area contributed by atoms with Gasteiger partial charge in [0, 0.05) is 23.0 Å². The van der Waals surface area contributed by atoms with Crippen LogP contribution < -0.4 is 15.4 Å². The largest absolute Gasteiger partial charge is 0.467 e. The molecule has 0 unspecified atom stereocenters. The molecule has 3 N–H and O–H groups in total. The number of aromatic amines is 1. The summed E-state index contributed by atoms with van der Waals surface area (Å²) in [7, 11) is 1.52. The van der Waals surface area contributed by atoms with Crippen molar-refractivity contribution in [3.8, 4) is 6.01 Å². The van der Waals surface area contributed by atoms with Crippen LogP contribution in [0.5, 0.6) is 6.01 Å². The minimum absolute atomic E-state index is 0.134. The lowest BCUT2D eigenvalue weighted by atomic mass is 10.1. The lowest BCUT2D eigenvalue weighted by Gasteiger charge is -2.23. The number of carbonyl (C=O) groups is 1. The van der Waals surface area contributed by atoms with Crippen molar-refractivity contribution in [3.05, 3.63) is 24.0 Å². The van der Waals surface area contributed by atoms with E-state index in [1.165, 1.54) is 7.11 Å². The molecule has 0 atom stereocenters. The highest BCUT2D eigenvalue weighted by molar-refractivity contribution is 6.11. The van der Waals surface area contributed by atoms with Gasteiger partial charge in [0.2, 0.25) is 0 Å². The molecule has 3 aromatic rings. The standard InChI is InChI=1S/C16H18N6O2/c1-24-16-18-8-9-2-3-11-13(12(9)20-16)21-22-14(11)15(23)19-10-4-6-17-7-5-10/h2-3,8,10,17H,4-7H2,1H3,(H,19,23)(H,21,22). The zero-order valence-electron chi connectivity index (χ0n) is 13.3. The number of hydrogen-bond donors (Lipinski definition) is 3. The Balaban J connectivity index is 1.71. The molecule has 1 fully saturated rings. The summed E-state index contributed by atoms with van der Waals surface area (Å²) in [5.74, 6) is -0.134. The molecular formula is C16H18N6O2. The van der Waals surface area contributed by atoms with Crippen LogP contribution in [0.1, 0.15) is 23.3 Å². The van der Waals surface area contributed by atoms with Gasteiger partial charge in [0.15, 0.2) is 0 Å². The van der Waals surface area contributed by atoms with Crippen LogP contribution in [0, 0.1) is 0 Å². The highest BCUT2D eigenvalue weighted by Gasteiger charge is 2.20. The number of ether oxygens (including phenoxy) is 1. The monoisotopic (exact) mass is 326 g/mol. The van der Waals surface area contributed by atoms with Crippen molar-refractivity contribution in [3.63, 3.8) is 0 Å². The van der Waals surface area contributed by atoms with Crippen molar-refractivity contribution in [1.29, 1.82) is 0 Å². The Hall–Kier alpha value is -2.74. The first-order valence-corrected chi connectivity index (χ1v) is 7.95. The van der Waals surface area contributed by atoms with Crippen LogP contribution >= 0.6 is 0 Å². The Bertz CT molecular complexity index is 900. The molecule has 8 heteroatoms. The highest BCUT2D eigenvalue weighted by atomic mass is 16.5. The van der Waals surface area contributed by atoms with Crippen LogP contribution in [0.15, 0.2) is 18.3 Å². The molecule has 2 aromatic heterocycles. The van der Waals surface area contributed by atoms with Gasteiger partial charge in [0.05, 0.1) is 7.11 Å². The number of methoxy groups -OCH3 is 1. The van der Waals surface area contributed by atoms with Crippen molar-refractivity contribution in [2.24, 2.45) is 0 Å². The molecule has 24 heavy (non-hydrogen) atoms. The number of rotatable bonds is 3. The average Bonchev–Trinajstić information content (AvgIpc) is 3.06. The smallest absolute Gasteiger partial charge is 0.316 e. The Kier molecular flexibility index (Phi) is 3.73. The summed E-state index contributed by atoms with van der Waals surface area (Å²) < 4.78 is 5.08. The second kappa shape index (κ2) is 6.04. The maximum atomic E-state index is 12.6. The number of fused-ring (bicyclic) bond motifs is 3. The Morgan fingerprint density at radius 1 is 1.29 bits per heavy atom. The molecule has 0 saturated carbocycles. The van der Waals surface area contributed by atoms with Crippen LogP contribution in [0.3, 0.4) is 0 Å². The van der Waals surface area contributed by atoms with Crippen LogP contribution in [0.25, 0.3) is 21.8 Å². The Morgan fingerprint density at radius 2 is 2.12 bits per heavy atom. The quantitative estimate of drug-likeness (QED) is 0.663. The van der Waals surface area contributed by atoms with Crippen molar-refractivity contribution >= 4 is 27.7 Å². The van der Waals surface area contributed by atoms with Crippen molar-refractivity contribution < 1.29 is 9.53 Å². The number of piperidine rings is 1. The predicted octanol–water partition coefficient (Wildman–Crippen LogP) is 0.996. The fourth-order valence-corrected chi connectivity index (χ4v) is 3.05. The van der Waals surface area contributed by atoms with Gasteiger partial charge >= 0.3 is 6.01 Å². The van der Waals surface area contributed by atoms with Gasteiger partial charge in [-0.2, -0.15) is 10.1 Å². The van der Waals surface area contributed by atoms with Crippen LogP contribution in [0.2, 0.25) is 0 Å². The number of amides is 1. The Labute approximate surface area is 138 Å². The molecule has 1 aliphatic rings. The number of aromatic nitrogens is 4. The van der Waals surface area contributed by atoms with Crippen molar-refractivity contribution in [2.75, 3.05) is 20.2 Å². The summed E-state index contributed by atoms with van der Waals surface area (Å²) in [6.45, 7) is 1.85. The van der Waals surface area contributed by atoms with E-state index < -0.39 is 0 Å². The summed E-state index contributed by atoms with van der Waals surface area (Å²) in [6, 6.07) is 4.22. The number of nitrogens with one attached hydrogen (secondary N) is 3. The maximum absolute atomic E-state index is 12.6. The van der Waals surface area contributed by atoms with Crippen molar-refractivity contribution in [1.82, 2.24) is 30.8 Å². The minimum Gasteiger partial charge on any atom is -0.467 e. The van der Waals surface area contributed by atoms with Gasteiger partial charge in [0.1, 0.15) is 16.7 Å². The summed E-state index contributed by atoms with van der Waals surface area (Å²) in [4.78, 5) is 21.0. The summed E-state index contributed by atoms with van der Waals surface area (Å²) >= 11 is 0. The number of H-pyrrole nitrogens is 1. The lowest BCUT2D eigenvalue weighted by molar-refractivity contribution is 0.0926. The van der Waals surface area contributed by atoms with E-state index in [1.54, 1.807) is 6.20 Å². The van der Waals surface area contributed by atoms with E-state index in [-0.39, 0.29) is 18.0 Å². The zero-order chi connectivity index (χ0) is 16.5. The zero-order valence-corrected chi connectivity index (χ0v) is 13.3. The van der Waals surface area contributed by atoms with E-state index in [4.69, 9.17) is 4.74 Å². The highest BCUT2D eigenvalue weighted by Crippen LogP contribution is 2.25. The van der Waals surface area contributed by atoms with Gasteiger partial charge in [-0.1, -0.05) is 6.07 Å². The fourth-order valence-electron chi connectivity index (χ4n) is 3.05. The summed E-state index contributed by atoms with van der Waals surface area (Å²) in [5, 5.41) is 15.1. The van der Waals surface area contributed by atoms with Gasteiger partial charge in [-0.05, 0) is 32.0 Å². The first kappa shape index (κ1) is 14.8. The molecule has 0 radical (unpaired) electrons. The normalized spacial score (nSPS) is 15.7. The molecule has 3 heterocycles. The molecule has 1 aliphatic heterocycles. The number of benzene rings is 1. The van der Waals surface area contributed by atoms with Crippen LogP contribution in [-0.4, -0.2) is 52.3 Å². The number of hydrogen-bond acceptors (Lipinski definition) is 6. The third-order valence-corrected chi connectivity index (χ3v) is 4.34. The van der Waals surface area contributed by atoms with Gasteiger partial charge < -0.3 is 15.4 Å². The third-order valence-electron chi connectivity index (χ3n) is 4.34. The van der Waals surface area contributed by atoms with Gasteiger partial charge in [-0.3, -0.25) is 9.89 Å². The second-order valence-corrected chi connectivity index (χ2v) is 5.85. The van der Waals surface area contributed by atoms with Gasteiger partial charge in [0.25, 0.3) is 5.91 Å². The van der Waals surface area contributed by atoms with E-state index in [2.05, 4.69) is 30.8 Å². The first-order chi connectivity index (χ1) is 11.8. The SMILES string of the molecule is COc1ncc2ccc3c(C(=O)NC4CCNCC4)[nH]nc3c2n1. The number of nitrogens with zero attached hydrogens (tertiary/aromatic N) is 3. The molecule has 124 valence electrons. The fraction of sp³-hybridized carbons (Fsp3) is 0.375. The molecule has 0 bridgehead atoms. The molecular weight excluding hydrogens is 308 g/mol. The number of carbonyl (C=O) groups excluding carboxylic acids is 1. The maximum Gasteiger partial charge on any atom is 0.316 e. The molecule has 0 aliphatic carbocycles. The first-order valence-electron chi connectivity index (χ1n) is 7.95. The van der Waals surface area contributed by atoms with E-state index in [0.29, 0.717) is 16.7 Å². The van der Waals surface area contributed by atoms with E-state index in [9.17, 15) is 4.79 Å². The summed E-state index contributed by atoms with van der Waals surface area (Å²) in [6.07, 6.45) is 3.56. The van der Waals surface area contributed by atoms with E-state index >= 15 is 0 Å². The Morgan fingerprint density at radius 3 is 2.92 bits per heavy atom. The van der Waals surface area contributed by atoms with E-state index in [0.717, 1.165) is 36.7 Å². The molecule has 1 saturated heterocycles.